The first-order chi connectivity index (χ1) is 15.6. The number of carbonyl (C=O) groups excluding carboxylic acids is 3. The first kappa shape index (κ1) is 25.9. The van der Waals surface area contributed by atoms with Gasteiger partial charge in [-0.3, -0.25) is 19.4 Å². The monoisotopic (exact) mass is 464 g/mol. The lowest BCUT2D eigenvalue weighted by atomic mass is 9.65. The van der Waals surface area contributed by atoms with Gasteiger partial charge in [0.25, 0.3) is 5.91 Å². The second-order valence-electron chi connectivity index (χ2n) is 11.3. The lowest BCUT2D eigenvalue weighted by Gasteiger charge is -2.42. The average molecular weight is 465 g/mol. The lowest BCUT2D eigenvalue weighted by molar-refractivity contribution is -0.136. The summed E-state index contributed by atoms with van der Waals surface area (Å²) in [5, 5.41) is 5.93. The van der Waals surface area contributed by atoms with E-state index in [2.05, 4.69) is 50.2 Å². The molecule has 2 N–H and O–H groups in total. The third-order valence-electron chi connectivity index (χ3n) is 8.24. The van der Waals surface area contributed by atoms with Gasteiger partial charge in [-0.25, -0.2) is 4.79 Å². The highest BCUT2D eigenvalue weighted by Gasteiger charge is 2.53. The molecule has 1 aliphatic carbocycles. The standard InChI is InChI=1S/C25H44N4O4/c1-6-24(4,5)19-7-9-25(10-8-19)22(31)29(23(32)27-25)17-21(30)26-16-20(15-18(2)3)28-11-13-33-14-12-28/h18-20H,6-17H2,1-5H3,(H,26,30)(H,27,32). The molecule has 0 aromatic carbocycles. The maximum atomic E-state index is 13.2. The Labute approximate surface area is 199 Å². The number of ether oxygens (including phenoxy) is 1. The van der Waals surface area contributed by atoms with Crippen molar-refractivity contribution in [3.63, 3.8) is 0 Å². The van der Waals surface area contributed by atoms with E-state index in [1.165, 1.54) is 0 Å². The molecule has 2 aliphatic heterocycles. The molecule has 1 unspecified atom stereocenters. The molecule has 8 nitrogen and oxygen atoms in total. The lowest BCUT2D eigenvalue weighted by Crippen LogP contribution is -2.52. The number of carbonyl (C=O) groups is 3. The fourth-order valence-electron chi connectivity index (χ4n) is 5.62. The predicted octanol–water partition coefficient (Wildman–Crippen LogP) is 2.77. The van der Waals surface area contributed by atoms with Crippen LogP contribution in [0.2, 0.25) is 0 Å². The largest absolute Gasteiger partial charge is 0.379 e. The summed E-state index contributed by atoms with van der Waals surface area (Å²) in [6, 6.07) is -0.209. The Morgan fingerprint density at radius 3 is 2.42 bits per heavy atom. The van der Waals surface area contributed by atoms with Crippen molar-refractivity contribution in [2.75, 3.05) is 39.4 Å². The zero-order chi connectivity index (χ0) is 24.2. The van der Waals surface area contributed by atoms with E-state index in [1.807, 2.05) is 0 Å². The summed E-state index contributed by atoms with van der Waals surface area (Å²) in [5.74, 6) is 0.544. The molecule has 0 aromatic rings. The van der Waals surface area contributed by atoms with Crippen LogP contribution in [-0.2, 0) is 14.3 Å². The van der Waals surface area contributed by atoms with Gasteiger partial charge in [0.1, 0.15) is 12.1 Å². The third kappa shape index (κ3) is 6.07. The predicted molar refractivity (Wildman–Crippen MR) is 128 cm³/mol. The molecule has 2 saturated heterocycles. The van der Waals surface area contributed by atoms with Gasteiger partial charge in [-0.15, -0.1) is 0 Å². The Morgan fingerprint density at radius 2 is 1.85 bits per heavy atom. The zero-order valence-corrected chi connectivity index (χ0v) is 21.2. The highest BCUT2D eigenvalue weighted by atomic mass is 16.5. The number of imide groups is 1. The summed E-state index contributed by atoms with van der Waals surface area (Å²) in [4.78, 5) is 42.1. The minimum Gasteiger partial charge on any atom is -0.379 e. The Balaban J connectivity index is 1.54. The Hall–Kier alpha value is -1.67. The van der Waals surface area contributed by atoms with Crippen molar-refractivity contribution in [3.8, 4) is 0 Å². The summed E-state index contributed by atoms with van der Waals surface area (Å²) in [6.45, 7) is 14.6. The molecule has 8 heteroatoms. The van der Waals surface area contributed by atoms with Crippen LogP contribution in [0.15, 0.2) is 0 Å². The van der Waals surface area contributed by atoms with Crippen molar-refractivity contribution < 1.29 is 19.1 Å². The molecule has 0 bridgehead atoms. The third-order valence-corrected chi connectivity index (χ3v) is 8.24. The van der Waals surface area contributed by atoms with Crippen LogP contribution in [0.4, 0.5) is 4.79 Å². The molecule has 4 amide bonds. The first-order valence-corrected chi connectivity index (χ1v) is 12.8. The van der Waals surface area contributed by atoms with Crippen molar-refractivity contribution >= 4 is 17.8 Å². The van der Waals surface area contributed by atoms with Gasteiger partial charge >= 0.3 is 6.03 Å². The Kier molecular flexibility index (Phi) is 8.43. The van der Waals surface area contributed by atoms with Crippen LogP contribution in [0, 0.1) is 17.3 Å². The maximum Gasteiger partial charge on any atom is 0.325 e. The molecule has 0 radical (unpaired) electrons. The topological polar surface area (TPSA) is 91.0 Å². The number of urea groups is 1. The van der Waals surface area contributed by atoms with Gasteiger partial charge in [0, 0.05) is 25.7 Å². The number of nitrogens with zero attached hydrogens (tertiary/aromatic N) is 2. The molecular formula is C25H44N4O4. The summed E-state index contributed by atoms with van der Waals surface area (Å²) in [7, 11) is 0. The van der Waals surface area contributed by atoms with Gasteiger partial charge in [0.05, 0.1) is 13.2 Å². The molecule has 188 valence electrons. The fraction of sp³-hybridized carbons (Fsp3) is 0.880. The van der Waals surface area contributed by atoms with E-state index in [-0.39, 0.29) is 29.8 Å². The summed E-state index contributed by atoms with van der Waals surface area (Å²) < 4.78 is 5.46. The van der Waals surface area contributed by atoms with Crippen LogP contribution in [0.5, 0.6) is 0 Å². The summed E-state index contributed by atoms with van der Waals surface area (Å²) in [6.07, 6.45) is 5.21. The van der Waals surface area contributed by atoms with Crippen molar-refractivity contribution in [1.29, 1.82) is 0 Å². The maximum absolute atomic E-state index is 13.2. The van der Waals surface area contributed by atoms with E-state index in [9.17, 15) is 14.4 Å². The summed E-state index contributed by atoms with van der Waals surface area (Å²) in [5.41, 5.74) is -0.592. The highest BCUT2D eigenvalue weighted by Crippen LogP contribution is 2.45. The van der Waals surface area contributed by atoms with Crippen LogP contribution in [0.1, 0.15) is 73.1 Å². The number of nitrogens with one attached hydrogen (secondary N) is 2. The SMILES string of the molecule is CCC(C)(C)C1CCC2(CC1)NC(=O)N(CC(=O)NCC(CC(C)C)N1CCOCC1)C2=O. The quantitative estimate of drug-likeness (QED) is 0.512. The van der Waals surface area contributed by atoms with Crippen molar-refractivity contribution in [2.24, 2.45) is 17.3 Å². The van der Waals surface area contributed by atoms with Gasteiger partial charge in [-0.1, -0.05) is 41.0 Å². The molecule has 3 rings (SSSR count). The van der Waals surface area contributed by atoms with E-state index in [1.54, 1.807) is 0 Å². The van der Waals surface area contributed by atoms with Crippen molar-refractivity contribution in [1.82, 2.24) is 20.4 Å². The van der Waals surface area contributed by atoms with Crippen molar-refractivity contribution in [3.05, 3.63) is 0 Å². The molecule has 2 heterocycles. The van der Waals surface area contributed by atoms with Crippen LogP contribution in [0.25, 0.3) is 0 Å². The summed E-state index contributed by atoms with van der Waals surface area (Å²) >= 11 is 0. The smallest absolute Gasteiger partial charge is 0.325 e. The Morgan fingerprint density at radius 1 is 1.21 bits per heavy atom. The highest BCUT2D eigenvalue weighted by molar-refractivity contribution is 6.09. The van der Waals surface area contributed by atoms with E-state index >= 15 is 0 Å². The van der Waals surface area contributed by atoms with Crippen LogP contribution in [0.3, 0.4) is 0 Å². The van der Waals surface area contributed by atoms with Crippen LogP contribution in [-0.4, -0.2) is 78.6 Å². The normalized spacial score (nSPS) is 27.8. The van der Waals surface area contributed by atoms with Crippen LogP contribution >= 0.6 is 0 Å². The van der Waals surface area contributed by atoms with E-state index in [0.29, 0.717) is 44.4 Å². The molecule has 3 fully saturated rings. The second-order valence-corrected chi connectivity index (χ2v) is 11.3. The number of hydrogen-bond acceptors (Lipinski definition) is 5. The Bertz CT molecular complexity index is 709. The second kappa shape index (κ2) is 10.7. The zero-order valence-electron chi connectivity index (χ0n) is 21.2. The van der Waals surface area contributed by atoms with Gasteiger partial charge in [-0.2, -0.15) is 0 Å². The molecule has 1 spiro atoms. The van der Waals surface area contributed by atoms with E-state index in [0.717, 1.165) is 43.7 Å². The van der Waals surface area contributed by atoms with Gasteiger partial charge in [-0.05, 0) is 49.4 Å². The minimum atomic E-state index is -0.828. The minimum absolute atomic E-state index is 0.214. The molecular weight excluding hydrogens is 420 g/mol. The number of morpholine rings is 1. The molecule has 33 heavy (non-hydrogen) atoms. The molecule has 3 aliphatic rings. The first-order valence-electron chi connectivity index (χ1n) is 12.8. The van der Waals surface area contributed by atoms with Gasteiger partial charge < -0.3 is 15.4 Å². The number of amides is 4. The average Bonchev–Trinajstić information content (AvgIpc) is 3.01. The van der Waals surface area contributed by atoms with Gasteiger partial charge in [0.2, 0.25) is 5.91 Å². The molecule has 1 saturated carbocycles. The van der Waals surface area contributed by atoms with E-state index < -0.39 is 11.6 Å². The van der Waals surface area contributed by atoms with Crippen molar-refractivity contribution in [2.45, 2.75) is 84.7 Å². The van der Waals surface area contributed by atoms with Crippen LogP contribution < -0.4 is 10.6 Å². The molecule has 0 aromatic heterocycles. The number of hydrogen-bond donors (Lipinski definition) is 2. The number of rotatable bonds is 9. The van der Waals surface area contributed by atoms with E-state index in [4.69, 9.17) is 4.74 Å². The van der Waals surface area contributed by atoms with Gasteiger partial charge in [0.15, 0.2) is 0 Å². The fourth-order valence-corrected chi connectivity index (χ4v) is 5.62. The molecule has 1 atom stereocenters.